The molecule has 3 N–H and O–H groups in total. The number of hydrazone groups is 1. The highest BCUT2D eigenvalue weighted by Crippen LogP contribution is 2.31. The SMILES string of the molecule is CC(C)(C)c1ccc(OCC(=O)NN=Cc2ccc(O)cc2O)c(Br)c1. The van der Waals surface area contributed by atoms with Gasteiger partial charge in [0.2, 0.25) is 0 Å². The molecule has 0 saturated heterocycles. The first-order valence-electron chi connectivity index (χ1n) is 7.93. The van der Waals surface area contributed by atoms with Crippen molar-refractivity contribution in [3.63, 3.8) is 0 Å². The van der Waals surface area contributed by atoms with Crippen LogP contribution in [0.15, 0.2) is 46.0 Å². The van der Waals surface area contributed by atoms with E-state index >= 15 is 0 Å². The van der Waals surface area contributed by atoms with Gasteiger partial charge < -0.3 is 14.9 Å². The first-order valence-corrected chi connectivity index (χ1v) is 8.73. The third-order valence-corrected chi connectivity index (χ3v) is 4.18. The van der Waals surface area contributed by atoms with Crippen LogP contribution in [-0.2, 0) is 10.2 Å². The van der Waals surface area contributed by atoms with E-state index < -0.39 is 5.91 Å². The number of hydrogen-bond donors (Lipinski definition) is 3. The maximum absolute atomic E-state index is 11.8. The van der Waals surface area contributed by atoms with Crippen LogP contribution < -0.4 is 10.2 Å². The number of aromatic hydroxyl groups is 2. The molecule has 0 saturated carbocycles. The zero-order valence-corrected chi connectivity index (χ0v) is 16.4. The first kappa shape index (κ1) is 19.8. The molecule has 0 unspecified atom stereocenters. The summed E-state index contributed by atoms with van der Waals surface area (Å²) in [5, 5.41) is 22.6. The van der Waals surface area contributed by atoms with Gasteiger partial charge in [0.15, 0.2) is 6.61 Å². The Bertz CT molecular complexity index is 829. The maximum Gasteiger partial charge on any atom is 0.277 e. The van der Waals surface area contributed by atoms with Crippen LogP contribution in [0.1, 0.15) is 31.9 Å². The van der Waals surface area contributed by atoms with Gasteiger partial charge in [-0.25, -0.2) is 5.43 Å². The molecule has 0 aliphatic rings. The molecule has 7 heteroatoms. The fraction of sp³-hybridized carbons (Fsp3) is 0.263. The minimum Gasteiger partial charge on any atom is -0.508 e. The van der Waals surface area contributed by atoms with Crippen molar-refractivity contribution in [3.05, 3.63) is 52.0 Å². The van der Waals surface area contributed by atoms with Crippen LogP contribution in [0.25, 0.3) is 0 Å². The van der Waals surface area contributed by atoms with Crippen LogP contribution in [0.2, 0.25) is 0 Å². The fourth-order valence-corrected chi connectivity index (χ4v) is 2.57. The lowest BCUT2D eigenvalue weighted by molar-refractivity contribution is -0.123. The molecule has 0 atom stereocenters. The highest BCUT2D eigenvalue weighted by atomic mass is 79.9. The molecule has 26 heavy (non-hydrogen) atoms. The number of nitrogens with one attached hydrogen (secondary N) is 1. The summed E-state index contributed by atoms with van der Waals surface area (Å²) in [6, 6.07) is 9.82. The third-order valence-electron chi connectivity index (χ3n) is 3.56. The molecule has 0 fully saturated rings. The van der Waals surface area contributed by atoms with Gasteiger partial charge in [-0.15, -0.1) is 0 Å². The Morgan fingerprint density at radius 1 is 1.23 bits per heavy atom. The van der Waals surface area contributed by atoms with Crippen molar-refractivity contribution in [2.24, 2.45) is 5.10 Å². The molecule has 0 aromatic heterocycles. The first-order chi connectivity index (χ1) is 12.2. The fourth-order valence-electron chi connectivity index (χ4n) is 2.08. The van der Waals surface area contributed by atoms with Crippen LogP contribution >= 0.6 is 15.9 Å². The minimum atomic E-state index is -0.439. The van der Waals surface area contributed by atoms with Crippen molar-refractivity contribution >= 4 is 28.1 Å². The topological polar surface area (TPSA) is 91.2 Å². The number of carbonyl (C=O) groups excluding carboxylic acids is 1. The van der Waals surface area contributed by atoms with Crippen molar-refractivity contribution in [1.29, 1.82) is 0 Å². The molecule has 0 spiro atoms. The van der Waals surface area contributed by atoms with Gasteiger partial charge in [0.05, 0.1) is 10.7 Å². The van der Waals surface area contributed by atoms with E-state index in [9.17, 15) is 15.0 Å². The molecule has 0 aliphatic heterocycles. The summed E-state index contributed by atoms with van der Waals surface area (Å²) in [5.41, 5.74) is 3.85. The van der Waals surface area contributed by atoms with E-state index in [2.05, 4.69) is 47.2 Å². The zero-order chi connectivity index (χ0) is 19.3. The van der Waals surface area contributed by atoms with E-state index in [4.69, 9.17) is 4.74 Å². The molecule has 138 valence electrons. The summed E-state index contributed by atoms with van der Waals surface area (Å²) in [6.07, 6.45) is 1.28. The minimum absolute atomic E-state index is 0.0208. The van der Waals surface area contributed by atoms with Gasteiger partial charge >= 0.3 is 0 Å². The molecular formula is C19H21BrN2O4. The molecular weight excluding hydrogens is 400 g/mol. The summed E-state index contributed by atoms with van der Waals surface area (Å²) in [7, 11) is 0. The lowest BCUT2D eigenvalue weighted by atomic mass is 9.87. The van der Waals surface area contributed by atoms with E-state index in [1.54, 1.807) is 0 Å². The number of phenolic OH excluding ortho intramolecular Hbond substituents is 2. The van der Waals surface area contributed by atoms with Crippen molar-refractivity contribution in [3.8, 4) is 17.2 Å². The number of nitrogens with zero attached hydrogens (tertiary/aromatic N) is 1. The molecule has 1 amide bonds. The highest BCUT2D eigenvalue weighted by molar-refractivity contribution is 9.10. The number of rotatable bonds is 5. The largest absolute Gasteiger partial charge is 0.508 e. The van der Waals surface area contributed by atoms with Crippen LogP contribution in [0.5, 0.6) is 17.2 Å². The van der Waals surface area contributed by atoms with Crippen molar-refractivity contribution in [2.45, 2.75) is 26.2 Å². The second kappa shape index (κ2) is 8.23. The van der Waals surface area contributed by atoms with E-state index in [1.807, 2.05) is 18.2 Å². The van der Waals surface area contributed by atoms with Gasteiger partial charge in [-0.05, 0) is 51.2 Å². The number of amides is 1. The number of phenols is 2. The van der Waals surface area contributed by atoms with Crippen LogP contribution in [0, 0.1) is 0 Å². The Kier molecular flexibility index (Phi) is 6.26. The average Bonchev–Trinajstić information content (AvgIpc) is 2.55. The number of hydrogen-bond acceptors (Lipinski definition) is 5. The van der Waals surface area contributed by atoms with E-state index in [-0.39, 0.29) is 23.5 Å². The number of carbonyl (C=O) groups is 1. The smallest absolute Gasteiger partial charge is 0.277 e. The van der Waals surface area contributed by atoms with Gasteiger partial charge in [0, 0.05) is 11.6 Å². The Balaban J connectivity index is 1.90. The van der Waals surface area contributed by atoms with Gasteiger partial charge in [-0.1, -0.05) is 26.8 Å². The summed E-state index contributed by atoms with van der Waals surface area (Å²) >= 11 is 3.45. The van der Waals surface area contributed by atoms with E-state index in [0.29, 0.717) is 11.3 Å². The molecule has 2 aromatic rings. The van der Waals surface area contributed by atoms with Crippen LogP contribution in [-0.4, -0.2) is 28.9 Å². The van der Waals surface area contributed by atoms with Crippen LogP contribution in [0.4, 0.5) is 0 Å². The Morgan fingerprint density at radius 3 is 2.58 bits per heavy atom. The molecule has 2 rings (SSSR count). The molecule has 2 aromatic carbocycles. The van der Waals surface area contributed by atoms with Gasteiger partial charge in [-0.3, -0.25) is 4.79 Å². The Labute approximate surface area is 160 Å². The van der Waals surface area contributed by atoms with Crippen molar-refractivity contribution < 1.29 is 19.7 Å². The molecule has 0 heterocycles. The highest BCUT2D eigenvalue weighted by Gasteiger charge is 2.15. The van der Waals surface area contributed by atoms with Gasteiger partial charge in [0.1, 0.15) is 17.2 Å². The molecule has 0 radical (unpaired) electrons. The molecule has 0 aliphatic carbocycles. The zero-order valence-electron chi connectivity index (χ0n) is 14.8. The monoisotopic (exact) mass is 420 g/mol. The Morgan fingerprint density at radius 2 is 1.96 bits per heavy atom. The Hall–Kier alpha value is -2.54. The second-order valence-corrected chi connectivity index (χ2v) is 7.57. The predicted molar refractivity (Wildman–Crippen MR) is 104 cm³/mol. The summed E-state index contributed by atoms with van der Waals surface area (Å²) < 4.78 is 6.27. The quantitative estimate of drug-likeness (QED) is 0.508. The summed E-state index contributed by atoms with van der Waals surface area (Å²) in [6.45, 7) is 6.15. The molecule has 0 bridgehead atoms. The lowest BCUT2D eigenvalue weighted by Crippen LogP contribution is -2.24. The van der Waals surface area contributed by atoms with Gasteiger partial charge in [0.25, 0.3) is 5.91 Å². The standard InChI is InChI=1S/C19H21BrN2O4/c1-19(2,3)13-5-7-17(15(20)8-13)26-11-18(25)22-21-10-12-4-6-14(23)9-16(12)24/h4-10,23-24H,11H2,1-3H3,(H,22,25). The lowest BCUT2D eigenvalue weighted by Gasteiger charge is -2.20. The third kappa shape index (κ3) is 5.49. The van der Waals surface area contributed by atoms with Gasteiger partial charge in [-0.2, -0.15) is 5.10 Å². The van der Waals surface area contributed by atoms with E-state index in [1.165, 1.54) is 24.4 Å². The second-order valence-electron chi connectivity index (χ2n) is 6.72. The van der Waals surface area contributed by atoms with Crippen molar-refractivity contribution in [1.82, 2.24) is 5.43 Å². The van der Waals surface area contributed by atoms with E-state index in [0.717, 1.165) is 10.0 Å². The predicted octanol–water partition coefficient (Wildman–Crippen LogP) is 3.69. The van der Waals surface area contributed by atoms with Crippen LogP contribution in [0.3, 0.4) is 0 Å². The number of ether oxygens (including phenoxy) is 1. The average molecular weight is 421 g/mol. The van der Waals surface area contributed by atoms with Crippen molar-refractivity contribution in [2.75, 3.05) is 6.61 Å². The number of benzene rings is 2. The molecule has 6 nitrogen and oxygen atoms in total. The summed E-state index contributed by atoms with van der Waals surface area (Å²) in [4.78, 5) is 11.8. The normalized spacial score (nSPS) is 11.5. The number of halogens is 1. The summed E-state index contributed by atoms with van der Waals surface area (Å²) in [5.74, 6) is -0.0677. The maximum atomic E-state index is 11.8.